The fourth-order valence-corrected chi connectivity index (χ4v) is 4.05. The average molecular weight is 377 g/mol. The number of hydrogen-bond acceptors (Lipinski definition) is 3. The van der Waals surface area contributed by atoms with Crippen molar-refractivity contribution in [2.45, 2.75) is 18.7 Å². The van der Waals surface area contributed by atoms with Crippen LogP contribution in [0.1, 0.15) is 27.0 Å². The van der Waals surface area contributed by atoms with E-state index in [1.54, 1.807) is 25.1 Å². The second-order valence-corrected chi connectivity index (χ2v) is 7.23. The van der Waals surface area contributed by atoms with Gasteiger partial charge in [-0.2, -0.15) is 13.2 Å². The lowest BCUT2D eigenvalue weighted by atomic mass is 9.88. The van der Waals surface area contributed by atoms with Gasteiger partial charge in [-0.25, -0.2) is 0 Å². The van der Waals surface area contributed by atoms with E-state index in [1.807, 2.05) is 0 Å². The van der Waals surface area contributed by atoms with Gasteiger partial charge in [0.1, 0.15) is 0 Å². The van der Waals surface area contributed by atoms with Gasteiger partial charge in [0.05, 0.1) is 0 Å². The molecule has 2 aromatic rings. The Kier molecular flexibility index (Phi) is 3.87. The number of benzene rings is 2. The number of rotatable bonds is 2. The number of fused-ring (bicyclic) bond motifs is 3. The SMILES string of the molecule is Cc1cc(C(=O)N2CC(CO)C2)cc2c1-c1ccccc1C2(O)C(F)(F)F. The van der Waals surface area contributed by atoms with Crippen LogP contribution in [0.4, 0.5) is 13.2 Å². The van der Waals surface area contributed by atoms with Crippen molar-refractivity contribution < 1.29 is 28.2 Å². The zero-order valence-electron chi connectivity index (χ0n) is 14.5. The van der Waals surface area contributed by atoms with Crippen LogP contribution in [-0.4, -0.2) is 46.9 Å². The summed E-state index contributed by atoms with van der Waals surface area (Å²) < 4.78 is 41.8. The maximum absolute atomic E-state index is 13.9. The maximum Gasteiger partial charge on any atom is 0.425 e. The van der Waals surface area contributed by atoms with Crippen LogP contribution >= 0.6 is 0 Å². The molecule has 1 unspecified atom stereocenters. The molecule has 0 radical (unpaired) electrons. The number of aliphatic hydroxyl groups is 2. The second-order valence-electron chi connectivity index (χ2n) is 7.23. The van der Waals surface area contributed by atoms with Crippen LogP contribution in [0.5, 0.6) is 0 Å². The van der Waals surface area contributed by atoms with Gasteiger partial charge in [0.25, 0.3) is 5.91 Å². The fourth-order valence-electron chi connectivity index (χ4n) is 4.05. The highest BCUT2D eigenvalue weighted by Crippen LogP contribution is 2.56. The molecular formula is C20H18F3NO3. The number of hydrogen-bond donors (Lipinski definition) is 2. The number of amides is 1. The summed E-state index contributed by atoms with van der Waals surface area (Å²) in [4.78, 5) is 14.1. The Hall–Kier alpha value is -2.38. The topological polar surface area (TPSA) is 60.8 Å². The van der Waals surface area contributed by atoms with Crippen molar-refractivity contribution in [2.24, 2.45) is 5.92 Å². The summed E-state index contributed by atoms with van der Waals surface area (Å²) in [6.45, 7) is 2.35. The molecule has 0 bridgehead atoms. The lowest BCUT2D eigenvalue weighted by molar-refractivity contribution is -0.246. The van der Waals surface area contributed by atoms with E-state index >= 15 is 0 Å². The van der Waals surface area contributed by atoms with Crippen LogP contribution in [0, 0.1) is 12.8 Å². The van der Waals surface area contributed by atoms with Gasteiger partial charge in [-0.15, -0.1) is 0 Å². The highest BCUT2D eigenvalue weighted by atomic mass is 19.4. The number of aryl methyl sites for hydroxylation is 1. The van der Waals surface area contributed by atoms with E-state index in [0.29, 0.717) is 29.8 Å². The molecular weight excluding hydrogens is 359 g/mol. The third-order valence-electron chi connectivity index (χ3n) is 5.47. The summed E-state index contributed by atoms with van der Waals surface area (Å²) in [5.74, 6) is -0.396. The predicted octanol–water partition coefficient (Wildman–Crippen LogP) is 2.84. The van der Waals surface area contributed by atoms with E-state index in [9.17, 15) is 23.1 Å². The van der Waals surface area contributed by atoms with E-state index in [0.717, 1.165) is 6.07 Å². The van der Waals surface area contributed by atoms with Gasteiger partial charge in [0, 0.05) is 42.3 Å². The van der Waals surface area contributed by atoms with Gasteiger partial charge in [0.15, 0.2) is 0 Å². The Balaban J connectivity index is 1.86. The zero-order chi connectivity index (χ0) is 19.6. The number of carbonyl (C=O) groups excluding carboxylic acids is 1. The van der Waals surface area contributed by atoms with Crippen LogP contribution in [0.15, 0.2) is 36.4 Å². The molecule has 1 fully saturated rings. The van der Waals surface area contributed by atoms with Crippen molar-refractivity contribution in [1.29, 1.82) is 0 Å². The van der Waals surface area contributed by atoms with E-state index in [4.69, 9.17) is 5.11 Å². The van der Waals surface area contributed by atoms with Gasteiger partial charge in [-0.3, -0.25) is 4.79 Å². The molecule has 1 saturated heterocycles. The molecule has 1 heterocycles. The van der Waals surface area contributed by atoms with Crippen molar-refractivity contribution in [1.82, 2.24) is 4.90 Å². The van der Waals surface area contributed by atoms with Crippen molar-refractivity contribution in [3.05, 3.63) is 58.7 Å². The number of halogens is 3. The molecule has 0 saturated carbocycles. The Labute approximate surface area is 153 Å². The van der Waals surface area contributed by atoms with Gasteiger partial charge >= 0.3 is 6.18 Å². The average Bonchev–Trinajstić information content (AvgIpc) is 2.85. The molecule has 4 rings (SSSR count). The summed E-state index contributed by atoms with van der Waals surface area (Å²) in [7, 11) is 0. The Morgan fingerprint density at radius 2 is 1.89 bits per heavy atom. The molecule has 0 spiro atoms. The zero-order valence-corrected chi connectivity index (χ0v) is 14.5. The summed E-state index contributed by atoms with van der Waals surface area (Å²) in [6.07, 6.45) is -4.93. The van der Waals surface area contributed by atoms with Crippen molar-refractivity contribution >= 4 is 5.91 Å². The minimum Gasteiger partial charge on any atom is -0.396 e. The molecule has 0 aromatic heterocycles. The molecule has 2 aliphatic rings. The maximum atomic E-state index is 13.9. The van der Waals surface area contributed by atoms with Gasteiger partial charge in [-0.1, -0.05) is 24.3 Å². The molecule has 1 atom stereocenters. The lowest BCUT2D eigenvalue weighted by Crippen LogP contribution is -2.51. The standard InChI is InChI=1S/C20H18F3NO3/c1-11-6-13(18(26)24-8-12(9-24)10-25)7-16-17(11)14-4-2-3-5-15(14)19(16,27)20(21,22)23/h2-7,12,25,27H,8-10H2,1H3. The Bertz CT molecular complexity index is 935. The number of likely N-dealkylation sites (tertiary alicyclic amines) is 1. The monoisotopic (exact) mass is 377 g/mol. The Morgan fingerprint density at radius 3 is 2.52 bits per heavy atom. The molecule has 2 aromatic carbocycles. The van der Waals surface area contributed by atoms with Gasteiger partial charge in [0.2, 0.25) is 5.60 Å². The first-order chi connectivity index (χ1) is 12.7. The van der Waals surface area contributed by atoms with Crippen LogP contribution in [0.2, 0.25) is 0 Å². The van der Waals surface area contributed by atoms with E-state index < -0.39 is 17.7 Å². The summed E-state index contributed by atoms with van der Waals surface area (Å²) >= 11 is 0. The minimum absolute atomic E-state index is 0.000775. The highest BCUT2D eigenvalue weighted by Gasteiger charge is 2.61. The molecule has 2 N–H and O–H groups in total. The predicted molar refractivity (Wildman–Crippen MR) is 92.1 cm³/mol. The van der Waals surface area contributed by atoms with Gasteiger partial charge in [-0.05, 0) is 35.7 Å². The van der Waals surface area contributed by atoms with Gasteiger partial charge < -0.3 is 15.1 Å². The van der Waals surface area contributed by atoms with Crippen LogP contribution in [-0.2, 0) is 5.60 Å². The molecule has 27 heavy (non-hydrogen) atoms. The molecule has 1 amide bonds. The minimum atomic E-state index is -4.93. The number of alkyl halides is 3. The smallest absolute Gasteiger partial charge is 0.396 e. The van der Waals surface area contributed by atoms with E-state index in [-0.39, 0.29) is 29.2 Å². The van der Waals surface area contributed by atoms with E-state index in [1.165, 1.54) is 17.0 Å². The van der Waals surface area contributed by atoms with Crippen LogP contribution < -0.4 is 0 Å². The normalized spacial score (nSPS) is 21.6. The first-order valence-electron chi connectivity index (χ1n) is 8.62. The largest absolute Gasteiger partial charge is 0.425 e. The highest BCUT2D eigenvalue weighted by molar-refractivity contribution is 5.97. The molecule has 4 nitrogen and oxygen atoms in total. The summed E-state index contributed by atoms with van der Waals surface area (Å²) in [5, 5.41) is 19.9. The Morgan fingerprint density at radius 1 is 1.22 bits per heavy atom. The summed E-state index contributed by atoms with van der Waals surface area (Å²) in [6, 6.07) is 8.62. The number of nitrogens with zero attached hydrogens (tertiary/aromatic N) is 1. The summed E-state index contributed by atoms with van der Waals surface area (Å²) in [5.41, 5.74) is -2.42. The van der Waals surface area contributed by atoms with Crippen molar-refractivity contribution in [3.63, 3.8) is 0 Å². The lowest BCUT2D eigenvalue weighted by Gasteiger charge is -2.38. The van der Waals surface area contributed by atoms with Crippen molar-refractivity contribution in [3.8, 4) is 11.1 Å². The second kappa shape index (κ2) is 5.81. The third-order valence-corrected chi connectivity index (χ3v) is 5.47. The molecule has 1 aliphatic carbocycles. The first kappa shape index (κ1) is 18.0. The first-order valence-corrected chi connectivity index (χ1v) is 8.62. The molecule has 142 valence electrons. The van der Waals surface area contributed by atoms with Crippen LogP contribution in [0.3, 0.4) is 0 Å². The molecule has 7 heteroatoms. The van der Waals surface area contributed by atoms with Crippen molar-refractivity contribution in [2.75, 3.05) is 19.7 Å². The fraction of sp³-hybridized carbons (Fsp3) is 0.350. The molecule has 1 aliphatic heterocycles. The number of aliphatic hydroxyl groups excluding tert-OH is 1. The quantitative estimate of drug-likeness (QED) is 0.846. The third kappa shape index (κ3) is 2.41. The van der Waals surface area contributed by atoms with E-state index in [2.05, 4.69) is 0 Å². The number of carbonyl (C=O) groups is 1. The van der Waals surface area contributed by atoms with Crippen LogP contribution in [0.25, 0.3) is 11.1 Å².